The Bertz CT molecular complexity index is 139. The lowest BCUT2D eigenvalue weighted by molar-refractivity contribution is 0.248. The van der Waals surface area contributed by atoms with E-state index < -0.39 is 0 Å². The predicted molar refractivity (Wildman–Crippen MR) is 46.0 cm³/mol. The van der Waals surface area contributed by atoms with Crippen LogP contribution in [0.4, 0.5) is 0 Å². The quantitative estimate of drug-likeness (QED) is 0.611. The molecule has 62 valence electrons. The lowest BCUT2D eigenvalue weighted by Crippen LogP contribution is -2.10. The molecular weight excluding hydrogens is 136 g/mol. The molecule has 1 aliphatic carbocycles. The van der Waals surface area contributed by atoms with Crippen molar-refractivity contribution >= 4 is 0 Å². The number of terminal acetylenes is 1. The van der Waals surface area contributed by atoms with Gasteiger partial charge in [-0.2, -0.15) is 0 Å². The minimum Gasteiger partial charge on any atom is -0.396 e. The van der Waals surface area contributed by atoms with E-state index >= 15 is 0 Å². The van der Waals surface area contributed by atoms with Gasteiger partial charge < -0.3 is 5.11 Å². The second-order valence-electron chi connectivity index (χ2n) is 3.33. The summed E-state index contributed by atoms with van der Waals surface area (Å²) in [6.07, 6.45) is 11.4. The summed E-state index contributed by atoms with van der Waals surface area (Å²) in [5, 5.41) is 8.73. The maximum absolute atomic E-state index is 8.73. The number of hydrogen-bond donors (Lipinski definition) is 1. The molecule has 0 saturated heterocycles. The van der Waals surface area contributed by atoms with Crippen LogP contribution < -0.4 is 0 Å². The van der Waals surface area contributed by atoms with Crippen LogP contribution in [0.3, 0.4) is 0 Å². The van der Waals surface area contributed by atoms with Crippen LogP contribution in [0.25, 0.3) is 0 Å². The first kappa shape index (κ1) is 8.62. The van der Waals surface area contributed by atoms with Crippen LogP contribution in [-0.4, -0.2) is 11.7 Å². The second kappa shape index (κ2) is 4.41. The van der Waals surface area contributed by atoms with Crippen molar-refractivity contribution in [1.29, 1.82) is 0 Å². The van der Waals surface area contributed by atoms with Crippen molar-refractivity contribution in [3.05, 3.63) is 0 Å². The smallest absolute Gasteiger partial charge is 0.0442 e. The fourth-order valence-corrected chi connectivity index (χ4v) is 1.95. The monoisotopic (exact) mass is 152 g/mol. The molecule has 1 N–H and O–H groups in total. The summed E-state index contributed by atoms with van der Waals surface area (Å²) >= 11 is 0. The van der Waals surface area contributed by atoms with Gasteiger partial charge in [0.25, 0.3) is 0 Å². The number of hydrogen-bond acceptors (Lipinski definition) is 1. The SMILES string of the molecule is C#CC(CCO)C1CCCC1. The van der Waals surface area contributed by atoms with Crippen molar-refractivity contribution in [2.24, 2.45) is 11.8 Å². The molecular formula is C10H16O. The molecule has 1 unspecified atom stereocenters. The van der Waals surface area contributed by atoms with Gasteiger partial charge in [-0.3, -0.25) is 0 Å². The van der Waals surface area contributed by atoms with Crippen molar-refractivity contribution in [2.75, 3.05) is 6.61 Å². The maximum Gasteiger partial charge on any atom is 0.0442 e. The summed E-state index contributed by atoms with van der Waals surface area (Å²) in [6, 6.07) is 0. The molecule has 1 rings (SSSR count). The highest BCUT2D eigenvalue weighted by Gasteiger charge is 2.22. The molecule has 0 aromatic rings. The third-order valence-electron chi connectivity index (χ3n) is 2.62. The lowest BCUT2D eigenvalue weighted by atomic mass is 9.89. The Labute approximate surface area is 68.8 Å². The van der Waals surface area contributed by atoms with Gasteiger partial charge in [0.15, 0.2) is 0 Å². The van der Waals surface area contributed by atoms with Crippen molar-refractivity contribution in [3.8, 4) is 12.3 Å². The maximum atomic E-state index is 8.73. The fraction of sp³-hybridized carbons (Fsp3) is 0.800. The van der Waals surface area contributed by atoms with E-state index in [9.17, 15) is 0 Å². The van der Waals surface area contributed by atoms with E-state index in [-0.39, 0.29) is 6.61 Å². The van der Waals surface area contributed by atoms with Gasteiger partial charge in [-0.05, 0) is 25.2 Å². The minimum atomic E-state index is 0.241. The molecule has 1 atom stereocenters. The van der Waals surface area contributed by atoms with Crippen LogP contribution in [0.15, 0.2) is 0 Å². The summed E-state index contributed by atoms with van der Waals surface area (Å²) in [4.78, 5) is 0. The van der Waals surface area contributed by atoms with Crippen LogP contribution >= 0.6 is 0 Å². The number of aliphatic hydroxyl groups excluding tert-OH is 1. The Morgan fingerprint density at radius 2 is 2.09 bits per heavy atom. The Morgan fingerprint density at radius 3 is 2.55 bits per heavy atom. The molecule has 1 saturated carbocycles. The van der Waals surface area contributed by atoms with Gasteiger partial charge in [0.1, 0.15) is 0 Å². The first-order valence-corrected chi connectivity index (χ1v) is 4.45. The molecule has 1 heteroatoms. The van der Waals surface area contributed by atoms with Gasteiger partial charge in [0, 0.05) is 12.5 Å². The first-order chi connectivity index (χ1) is 5.38. The highest BCUT2D eigenvalue weighted by molar-refractivity contribution is 4.97. The van der Waals surface area contributed by atoms with Gasteiger partial charge >= 0.3 is 0 Å². The van der Waals surface area contributed by atoms with E-state index in [0.717, 1.165) is 6.42 Å². The van der Waals surface area contributed by atoms with Gasteiger partial charge in [-0.25, -0.2) is 0 Å². The van der Waals surface area contributed by atoms with Crippen molar-refractivity contribution in [2.45, 2.75) is 32.1 Å². The van der Waals surface area contributed by atoms with Crippen molar-refractivity contribution in [1.82, 2.24) is 0 Å². The third-order valence-corrected chi connectivity index (χ3v) is 2.62. The second-order valence-corrected chi connectivity index (χ2v) is 3.33. The highest BCUT2D eigenvalue weighted by Crippen LogP contribution is 2.32. The first-order valence-electron chi connectivity index (χ1n) is 4.45. The topological polar surface area (TPSA) is 20.2 Å². The standard InChI is InChI=1S/C10H16O/c1-2-9(7-8-11)10-5-3-4-6-10/h1,9-11H,3-8H2. The summed E-state index contributed by atoms with van der Waals surface area (Å²) in [5.74, 6) is 3.82. The molecule has 1 nitrogen and oxygen atoms in total. The van der Waals surface area contributed by atoms with E-state index in [1.807, 2.05) is 0 Å². The van der Waals surface area contributed by atoms with E-state index in [0.29, 0.717) is 11.8 Å². The highest BCUT2D eigenvalue weighted by atomic mass is 16.3. The zero-order valence-electron chi connectivity index (χ0n) is 6.92. The van der Waals surface area contributed by atoms with Crippen molar-refractivity contribution in [3.63, 3.8) is 0 Å². The summed E-state index contributed by atoms with van der Waals surface area (Å²) in [7, 11) is 0. The Kier molecular flexibility index (Phi) is 3.45. The summed E-state index contributed by atoms with van der Waals surface area (Å²) in [6.45, 7) is 0.241. The van der Waals surface area contributed by atoms with E-state index in [2.05, 4.69) is 5.92 Å². The van der Waals surface area contributed by atoms with Gasteiger partial charge in [-0.15, -0.1) is 12.3 Å². The van der Waals surface area contributed by atoms with Crippen LogP contribution in [0, 0.1) is 24.2 Å². The molecule has 1 aliphatic rings. The predicted octanol–water partition coefficient (Wildman–Crippen LogP) is 1.81. The van der Waals surface area contributed by atoms with E-state index in [1.165, 1.54) is 25.7 Å². The lowest BCUT2D eigenvalue weighted by Gasteiger charge is -2.15. The van der Waals surface area contributed by atoms with Crippen LogP contribution in [0.5, 0.6) is 0 Å². The van der Waals surface area contributed by atoms with Crippen LogP contribution in [0.1, 0.15) is 32.1 Å². The minimum absolute atomic E-state index is 0.241. The third kappa shape index (κ3) is 2.24. The molecule has 0 spiro atoms. The molecule has 0 bridgehead atoms. The van der Waals surface area contributed by atoms with Gasteiger partial charge in [0.2, 0.25) is 0 Å². The Hall–Kier alpha value is -0.480. The largest absolute Gasteiger partial charge is 0.396 e. The van der Waals surface area contributed by atoms with Gasteiger partial charge in [-0.1, -0.05) is 12.8 Å². The molecule has 11 heavy (non-hydrogen) atoms. The molecule has 0 aliphatic heterocycles. The molecule has 1 fully saturated rings. The Balaban J connectivity index is 2.35. The fourth-order valence-electron chi connectivity index (χ4n) is 1.95. The summed E-state index contributed by atoms with van der Waals surface area (Å²) < 4.78 is 0. The van der Waals surface area contributed by atoms with Crippen LogP contribution in [0.2, 0.25) is 0 Å². The zero-order chi connectivity index (χ0) is 8.10. The summed E-state index contributed by atoms with van der Waals surface area (Å²) in [5.41, 5.74) is 0. The normalized spacial score (nSPS) is 21.5. The van der Waals surface area contributed by atoms with Gasteiger partial charge in [0.05, 0.1) is 0 Å². The molecule has 0 radical (unpaired) electrons. The molecule has 0 aromatic carbocycles. The van der Waals surface area contributed by atoms with Crippen molar-refractivity contribution < 1.29 is 5.11 Å². The Morgan fingerprint density at radius 1 is 1.45 bits per heavy atom. The number of aliphatic hydroxyl groups is 1. The molecule has 0 heterocycles. The average molecular weight is 152 g/mol. The van der Waals surface area contributed by atoms with E-state index in [4.69, 9.17) is 11.5 Å². The van der Waals surface area contributed by atoms with E-state index in [1.54, 1.807) is 0 Å². The average Bonchev–Trinajstić information content (AvgIpc) is 2.52. The molecule has 0 aromatic heterocycles. The molecule has 0 amide bonds. The zero-order valence-corrected chi connectivity index (χ0v) is 6.92. The number of rotatable bonds is 3. The van der Waals surface area contributed by atoms with Crippen LogP contribution in [-0.2, 0) is 0 Å².